The molecule has 1 saturated heterocycles. The monoisotopic (exact) mass is 198 g/mol. The first kappa shape index (κ1) is 11.7. The van der Waals surface area contributed by atoms with E-state index >= 15 is 0 Å². The average Bonchev–Trinajstić information content (AvgIpc) is 2.02. The Morgan fingerprint density at radius 2 is 2.07 bits per heavy atom. The van der Waals surface area contributed by atoms with Crippen molar-refractivity contribution in [3.63, 3.8) is 0 Å². The molecule has 0 saturated carbocycles. The largest absolute Gasteiger partial charge is 0.381 e. The maximum Gasteiger partial charge on any atom is 0.0484 e. The minimum atomic E-state index is -0.0531. The van der Waals surface area contributed by atoms with Crippen LogP contribution in [-0.4, -0.2) is 43.8 Å². The van der Waals surface area contributed by atoms with E-state index in [9.17, 15) is 0 Å². The van der Waals surface area contributed by atoms with Crippen molar-refractivity contribution < 1.29 is 4.74 Å². The third-order valence-electron chi connectivity index (χ3n) is 2.61. The molecule has 2 N–H and O–H groups in total. The molecule has 0 unspecified atom stereocenters. The number of nitrogens with zero attached hydrogens (tertiary/aromatic N) is 1. The fraction of sp³-hybridized carbons (Fsp3) is 0.818. The number of rotatable bonds is 4. The summed E-state index contributed by atoms with van der Waals surface area (Å²) < 4.78 is 5.31. The van der Waals surface area contributed by atoms with Crippen molar-refractivity contribution in [3.05, 3.63) is 12.2 Å². The zero-order valence-corrected chi connectivity index (χ0v) is 9.38. The maximum absolute atomic E-state index is 6.28. The molecule has 0 amide bonds. The van der Waals surface area contributed by atoms with Gasteiger partial charge in [-0.25, -0.2) is 0 Å². The van der Waals surface area contributed by atoms with Gasteiger partial charge in [0.25, 0.3) is 0 Å². The highest BCUT2D eigenvalue weighted by Gasteiger charge is 2.28. The predicted octanol–water partition coefficient (Wildman–Crippen LogP) is 1.00. The van der Waals surface area contributed by atoms with Crippen LogP contribution < -0.4 is 5.73 Å². The SMILES string of the molecule is C=C(C)CN(C)CC1(N)CCOCC1. The lowest BCUT2D eigenvalue weighted by Gasteiger charge is -2.36. The van der Waals surface area contributed by atoms with Crippen LogP contribution in [0, 0.1) is 0 Å². The number of hydrogen-bond donors (Lipinski definition) is 1. The molecule has 0 aliphatic carbocycles. The Balaban J connectivity index is 2.36. The van der Waals surface area contributed by atoms with Gasteiger partial charge in [-0.15, -0.1) is 0 Å². The molecular weight excluding hydrogens is 176 g/mol. The van der Waals surface area contributed by atoms with E-state index in [-0.39, 0.29) is 5.54 Å². The molecule has 1 aliphatic rings. The molecule has 1 aliphatic heterocycles. The summed E-state index contributed by atoms with van der Waals surface area (Å²) in [7, 11) is 2.10. The fourth-order valence-corrected chi connectivity index (χ4v) is 1.99. The molecule has 0 aromatic heterocycles. The summed E-state index contributed by atoms with van der Waals surface area (Å²) in [6, 6.07) is 0. The van der Waals surface area contributed by atoms with Crippen LogP contribution in [-0.2, 0) is 4.74 Å². The molecule has 1 fully saturated rings. The molecular formula is C11H22N2O. The minimum absolute atomic E-state index is 0.0531. The van der Waals surface area contributed by atoms with Crippen LogP contribution in [0.5, 0.6) is 0 Å². The summed E-state index contributed by atoms with van der Waals surface area (Å²) in [5.74, 6) is 0. The van der Waals surface area contributed by atoms with Crippen LogP contribution in [0.3, 0.4) is 0 Å². The Bertz CT molecular complexity index is 197. The molecule has 3 heteroatoms. The molecule has 0 atom stereocenters. The summed E-state index contributed by atoms with van der Waals surface area (Å²) in [6.45, 7) is 9.42. The Hall–Kier alpha value is -0.380. The Kier molecular flexibility index (Phi) is 4.11. The second kappa shape index (κ2) is 4.91. The summed E-state index contributed by atoms with van der Waals surface area (Å²) >= 11 is 0. The first-order valence-electron chi connectivity index (χ1n) is 5.21. The van der Waals surface area contributed by atoms with Crippen molar-refractivity contribution in [2.24, 2.45) is 5.73 Å². The topological polar surface area (TPSA) is 38.5 Å². The lowest BCUT2D eigenvalue weighted by molar-refractivity contribution is 0.0421. The van der Waals surface area contributed by atoms with Crippen LogP contribution >= 0.6 is 0 Å². The van der Waals surface area contributed by atoms with Crippen LogP contribution in [0.4, 0.5) is 0 Å². The smallest absolute Gasteiger partial charge is 0.0484 e. The van der Waals surface area contributed by atoms with E-state index in [0.717, 1.165) is 39.1 Å². The zero-order chi connectivity index (χ0) is 10.6. The highest BCUT2D eigenvalue weighted by molar-refractivity contribution is 4.95. The van der Waals surface area contributed by atoms with Crippen molar-refractivity contribution in [1.82, 2.24) is 4.90 Å². The second-order valence-corrected chi connectivity index (χ2v) is 4.60. The van der Waals surface area contributed by atoms with Crippen LogP contribution in [0.15, 0.2) is 12.2 Å². The van der Waals surface area contributed by atoms with E-state index in [0.29, 0.717) is 0 Å². The van der Waals surface area contributed by atoms with Crippen LogP contribution in [0.25, 0.3) is 0 Å². The first-order chi connectivity index (χ1) is 6.52. The highest BCUT2D eigenvalue weighted by Crippen LogP contribution is 2.18. The molecule has 1 rings (SSSR count). The lowest BCUT2D eigenvalue weighted by Crippen LogP contribution is -2.52. The molecule has 3 nitrogen and oxygen atoms in total. The van der Waals surface area contributed by atoms with E-state index in [1.54, 1.807) is 0 Å². The standard InChI is InChI=1S/C11H22N2O/c1-10(2)8-13(3)9-11(12)4-6-14-7-5-11/h1,4-9,12H2,2-3H3. The zero-order valence-electron chi connectivity index (χ0n) is 9.38. The molecule has 14 heavy (non-hydrogen) atoms. The van der Waals surface area contributed by atoms with Gasteiger partial charge in [0.15, 0.2) is 0 Å². The number of nitrogens with two attached hydrogens (primary N) is 1. The summed E-state index contributed by atoms with van der Waals surface area (Å²) in [5.41, 5.74) is 7.41. The minimum Gasteiger partial charge on any atom is -0.381 e. The van der Waals surface area contributed by atoms with Gasteiger partial charge in [-0.2, -0.15) is 0 Å². The van der Waals surface area contributed by atoms with Crippen LogP contribution in [0.2, 0.25) is 0 Å². The highest BCUT2D eigenvalue weighted by atomic mass is 16.5. The van der Waals surface area contributed by atoms with Gasteiger partial charge in [0, 0.05) is 31.8 Å². The average molecular weight is 198 g/mol. The van der Waals surface area contributed by atoms with Gasteiger partial charge in [-0.3, -0.25) is 0 Å². The molecule has 0 spiro atoms. The van der Waals surface area contributed by atoms with Crippen molar-refractivity contribution >= 4 is 0 Å². The van der Waals surface area contributed by atoms with Crippen molar-refractivity contribution in [2.45, 2.75) is 25.3 Å². The summed E-state index contributed by atoms with van der Waals surface area (Å²) in [6.07, 6.45) is 1.93. The van der Waals surface area contributed by atoms with Gasteiger partial charge in [0.2, 0.25) is 0 Å². The molecule has 0 bridgehead atoms. The molecule has 82 valence electrons. The van der Waals surface area contributed by atoms with E-state index < -0.39 is 0 Å². The van der Waals surface area contributed by atoms with Gasteiger partial charge in [-0.05, 0) is 26.8 Å². The lowest BCUT2D eigenvalue weighted by atomic mass is 9.91. The second-order valence-electron chi connectivity index (χ2n) is 4.60. The number of likely N-dealkylation sites (N-methyl/N-ethyl adjacent to an activating group) is 1. The van der Waals surface area contributed by atoms with Crippen molar-refractivity contribution in [1.29, 1.82) is 0 Å². The fourth-order valence-electron chi connectivity index (χ4n) is 1.99. The molecule has 0 radical (unpaired) electrons. The Morgan fingerprint density at radius 3 is 2.57 bits per heavy atom. The molecule has 1 heterocycles. The molecule has 0 aromatic carbocycles. The predicted molar refractivity (Wildman–Crippen MR) is 59.3 cm³/mol. The van der Waals surface area contributed by atoms with E-state index in [1.165, 1.54) is 5.57 Å². The van der Waals surface area contributed by atoms with Gasteiger partial charge in [0.05, 0.1) is 0 Å². The number of hydrogen-bond acceptors (Lipinski definition) is 3. The Labute approximate surface area is 86.9 Å². The van der Waals surface area contributed by atoms with Gasteiger partial charge < -0.3 is 15.4 Å². The normalized spacial score (nSPS) is 21.1. The van der Waals surface area contributed by atoms with Crippen molar-refractivity contribution in [3.8, 4) is 0 Å². The van der Waals surface area contributed by atoms with Crippen LogP contribution in [0.1, 0.15) is 19.8 Å². The maximum atomic E-state index is 6.28. The summed E-state index contributed by atoms with van der Waals surface area (Å²) in [5, 5.41) is 0. The van der Waals surface area contributed by atoms with Crippen molar-refractivity contribution in [2.75, 3.05) is 33.4 Å². The Morgan fingerprint density at radius 1 is 1.50 bits per heavy atom. The first-order valence-corrected chi connectivity index (χ1v) is 5.21. The van der Waals surface area contributed by atoms with E-state index in [2.05, 4.69) is 18.5 Å². The third-order valence-corrected chi connectivity index (χ3v) is 2.61. The third kappa shape index (κ3) is 3.78. The number of ether oxygens (including phenoxy) is 1. The van der Waals surface area contributed by atoms with Gasteiger partial charge in [-0.1, -0.05) is 12.2 Å². The summed E-state index contributed by atoms with van der Waals surface area (Å²) in [4.78, 5) is 2.24. The van der Waals surface area contributed by atoms with E-state index in [1.807, 2.05) is 6.92 Å². The van der Waals surface area contributed by atoms with E-state index in [4.69, 9.17) is 10.5 Å². The van der Waals surface area contributed by atoms with Gasteiger partial charge >= 0.3 is 0 Å². The molecule has 0 aromatic rings. The van der Waals surface area contributed by atoms with Gasteiger partial charge in [0.1, 0.15) is 0 Å². The quantitative estimate of drug-likeness (QED) is 0.685.